The maximum atomic E-state index is 11.6. The van der Waals surface area contributed by atoms with E-state index in [1.54, 1.807) is 30.3 Å². The summed E-state index contributed by atoms with van der Waals surface area (Å²) in [4.78, 5) is 22.7. The molecular weight excluding hydrogens is 206 g/mol. The van der Waals surface area contributed by atoms with Gasteiger partial charge in [0.2, 0.25) is 5.91 Å². The molecule has 2 atom stereocenters. The van der Waals surface area contributed by atoms with Crippen molar-refractivity contribution < 1.29 is 17.1 Å². The van der Waals surface area contributed by atoms with Gasteiger partial charge in [-0.2, -0.15) is 0 Å². The number of carbonyl (C=O) groups excluding carboxylic acids is 2. The molecule has 0 heterocycles. The van der Waals surface area contributed by atoms with Crippen LogP contribution in [0.1, 0.15) is 15.2 Å². The van der Waals surface area contributed by atoms with Crippen LogP contribution in [0, 0.1) is 0 Å². The molecule has 4 heteroatoms. The van der Waals surface area contributed by atoms with E-state index in [9.17, 15) is 9.59 Å². The van der Waals surface area contributed by atoms with Crippen LogP contribution in [0.25, 0.3) is 0 Å². The Balaban J connectivity index is 3.11. The van der Waals surface area contributed by atoms with Gasteiger partial charge in [-0.05, 0) is 5.56 Å². The predicted molar refractivity (Wildman–Crippen MR) is 59.8 cm³/mol. The molecule has 0 fully saturated rings. The topological polar surface area (TPSA) is 55.4 Å². The highest BCUT2D eigenvalue weighted by Gasteiger charge is 2.20. The molecule has 4 nitrogen and oxygen atoms in total. The van der Waals surface area contributed by atoms with Crippen molar-refractivity contribution in [3.8, 4) is 0 Å². The lowest BCUT2D eigenvalue weighted by atomic mass is 10.1. The van der Waals surface area contributed by atoms with Crippen LogP contribution in [-0.2, 0) is 20.7 Å². The van der Waals surface area contributed by atoms with Gasteiger partial charge in [0, 0.05) is 14.7 Å². The summed E-state index contributed by atoms with van der Waals surface area (Å²) in [7, 11) is 1.12. The Morgan fingerprint density at radius 3 is 2.62 bits per heavy atom. The molecule has 16 heavy (non-hydrogen) atoms. The highest BCUT2D eigenvalue weighted by molar-refractivity contribution is 5.83. The fraction of sp³-hybridized carbons (Fsp3) is 0.333. The summed E-state index contributed by atoms with van der Waals surface area (Å²) in [6.45, 7) is 1.18. The quantitative estimate of drug-likeness (QED) is 0.772. The third kappa shape index (κ3) is 3.73. The molecule has 1 aromatic rings. The van der Waals surface area contributed by atoms with Crippen LogP contribution in [0.2, 0.25) is 0 Å². The number of esters is 1. The highest BCUT2D eigenvalue weighted by Crippen LogP contribution is 2.04. The van der Waals surface area contributed by atoms with Crippen LogP contribution in [0.5, 0.6) is 0 Å². The number of carbonyl (C=O) groups is 2. The highest BCUT2D eigenvalue weighted by atomic mass is 16.5. The summed E-state index contributed by atoms with van der Waals surface area (Å²) in [6, 6.07) is 6.24. The normalized spacial score (nSPS) is 17.4. The Labute approximate surface area is 97.4 Å². The van der Waals surface area contributed by atoms with Gasteiger partial charge in [0.05, 0.1) is 8.48 Å². The first-order valence-corrected chi connectivity index (χ1v) is 4.76. The molecule has 0 saturated carbocycles. The molecular formula is C12H15NO3. The average Bonchev–Trinajstić information content (AvgIpc) is 2.36. The fourth-order valence-corrected chi connectivity index (χ4v) is 1.16. The van der Waals surface area contributed by atoms with Crippen LogP contribution in [-0.4, -0.2) is 25.0 Å². The molecule has 0 radical (unpaired) electrons. The van der Waals surface area contributed by atoms with Gasteiger partial charge in [0.25, 0.3) is 0 Å². The number of benzene rings is 1. The predicted octanol–water partition coefficient (Wildman–Crippen LogP) is 0.907. The zero-order valence-electron chi connectivity index (χ0n) is 11.2. The number of ether oxygens (including phenoxy) is 1. The second-order valence-electron chi connectivity index (χ2n) is 3.14. The molecule has 0 saturated heterocycles. The van der Waals surface area contributed by atoms with Crippen LogP contribution in [0.4, 0.5) is 0 Å². The molecule has 1 rings (SSSR count). The molecule has 0 aliphatic carbocycles. The minimum atomic E-state index is -2.15. The lowest BCUT2D eigenvalue weighted by Crippen LogP contribution is -2.41. The summed E-state index contributed by atoms with van der Waals surface area (Å²) in [5.41, 5.74) is 0.451. The number of hydrogen-bond donors (Lipinski definition) is 1. The number of rotatable bonds is 4. The van der Waals surface area contributed by atoms with Gasteiger partial charge in [0.1, 0.15) is 6.02 Å². The Morgan fingerprint density at radius 2 is 2.12 bits per heavy atom. The maximum Gasteiger partial charge on any atom is 0.328 e. The first kappa shape index (κ1) is 9.39. The number of methoxy groups -OCH3 is 1. The van der Waals surface area contributed by atoms with Crippen molar-refractivity contribution in [3.05, 3.63) is 35.9 Å². The zero-order chi connectivity index (χ0) is 13.8. The van der Waals surface area contributed by atoms with Crippen molar-refractivity contribution in [1.82, 2.24) is 5.32 Å². The van der Waals surface area contributed by atoms with Crippen LogP contribution in [0.3, 0.4) is 0 Å². The van der Waals surface area contributed by atoms with E-state index in [1.165, 1.54) is 6.92 Å². The molecule has 0 aliphatic rings. The van der Waals surface area contributed by atoms with Gasteiger partial charge in [-0.25, -0.2) is 4.79 Å². The van der Waals surface area contributed by atoms with E-state index >= 15 is 0 Å². The van der Waals surface area contributed by atoms with Crippen molar-refractivity contribution in [1.29, 1.82) is 0 Å². The monoisotopic (exact) mass is 223 g/mol. The van der Waals surface area contributed by atoms with E-state index in [2.05, 4.69) is 10.1 Å². The van der Waals surface area contributed by atoms with E-state index in [0.717, 1.165) is 7.11 Å². The molecule has 0 aromatic heterocycles. The van der Waals surface area contributed by atoms with Gasteiger partial charge >= 0.3 is 5.97 Å². The van der Waals surface area contributed by atoms with Crippen LogP contribution in [0.15, 0.2) is 30.3 Å². The maximum absolute atomic E-state index is 11.6. The lowest BCUT2D eigenvalue weighted by Gasteiger charge is -2.15. The SMILES string of the molecule is [2H][C@@H](c1ccccc1)[C@]([2H])(NC(C)=O)C(=O)OC. The van der Waals surface area contributed by atoms with Crippen LogP contribution >= 0.6 is 0 Å². The minimum Gasteiger partial charge on any atom is -0.467 e. The molecule has 0 aliphatic heterocycles. The van der Waals surface area contributed by atoms with Crippen molar-refractivity contribution in [2.75, 3.05) is 7.11 Å². The molecule has 0 unspecified atom stereocenters. The standard InChI is InChI=1S/C12H15NO3/c1-9(14)13-11(12(15)16-2)8-10-6-4-3-5-7-10/h3-7,11H,8H2,1-2H3,(H,13,14)/t11-/m0/s1/i8D,11D/t8-,11-. The Hall–Kier alpha value is -1.84. The Kier molecular flexibility index (Phi) is 3.46. The zero-order valence-corrected chi connectivity index (χ0v) is 9.19. The molecule has 1 amide bonds. The third-order valence-electron chi connectivity index (χ3n) is 1.83. The van der Waals surface area contributed by atoms with Gasteiger partial charge < -0.3 is 10.1 Å². The van der Waals surface area contributed by atoms with Crippen LogP contribution < -0.4 is 5.32 Å². The van der Waals surface area contributed by atoms with Gasteiger partial charge in [0.15, 0.2) is 0 Å². The summed E-state index contributed by atoms with van der Waals surface area (Å²) in [6.07, 6.45) is -1.27. The Morgan fingerprint density at radius 1 is 1.50 bits per heavy atom. The van der Waals surface area contributed by atoms with E-state index in [1.807, 2.05) is 0 Å². The van der Waals surface area contributed by atoms with Crippen molar-refractivity contribution >= 4 is 11.9 Å². The number of nitrogens with one attached hydrogen (secondary N) is 1. The summed E-state index contributed by atoms with van der Waals surface area (Å²) in [5.74, 6) is -1.54. The number of amides is 1. The van der Waals surface area contributed by atoms with Gasteiger partial charge in [-0.15, -0.1) is 0 Å². The summed E-state index contributed by atoms with van der Waals surface area (Å²) in [5, 5.41) is 2.17. The fourth-order valence-electron chi connectivity index (χ4n) is 1.16. The molecule has 0 spiro atoms. The first-order chi connectivity index (χ1) is 8.41. The molecule has 86 valence electrons. The van der Waals surface area contributed by atoms with Gasteiger partial charge in [-0.1, -0.05) is 30.3 Å². The van der Waals surface area contributed by atoms with Crippen molar-refractivity contribution in [2.45, 2.75) is 19.3 Å². The van der Waals surface area contributed by atoms with Crippen molar-refractivity contribution in [2.24, 2.45) is 0 Å². The van der Waals surface area contributed by atoms with E-state index in [-0.39, 0.29) is 0 Å². The molecule has 1 aromatic carbocycles. The third-order valence-corrected chi connectivity index (χ3v) is 1.83. The Bertz CT molecular complexity index is 438. The van der Waals surface area contributed by atoms with Gasteiger partial charge in [-0.3, -0.25) is 4.79 Å². The van der Waals surface area contributed by atoms with E-state index in [4.69, 9.17) is 2.74 Å². The first-order valence-electron chi connectivity index (χ1n) is 5.84. The van der Waals surface area contributed by atoms with E-state index in [0.29, 0.717) is 5.56 Å². The second kappa shape index (κ2) is 5.90. The van der Waals surface area contributed by atoms with Crippen molar-refractivity contribution in [3.63, 3.8) is 0 Å². The average molecular weight is 223 g/mol. The lowest BCUT2D eigenvalue weighted by molar-refractivity contribution is -0.144. The molecule has 1 N–H and O–H groups in total. The summed E-state index contributed by atoms with van der Waals surface area (Å²) < 4.78 is 20.5. The largest absolute Gasteiger partial charge is 0.467 e. The molecule has 0 bridgehead atoms. The minimum absolute atomic E-state index is 0.451. The van der Waals surface area contributed by atoms with E-state index < -0.39 is 24.3 Å². The second-order valence-corrected chi connectivity index (χ2v) is 3.14. The smallest absolute Gasteiger partial charge is 0.328 e. The summed E-state index contributed by atoms with van der Waals surface area (Å²) >= 11 is 0. The number of hydrogen-bond acceptors (Lipinski definition) is 3.